The fourth-order valence-corrected chi connectivity index (χ4v) is 5.73. The Balaban J connectivity index is 1.58. The van der Waals surface area contributed by atoms with Crippen LogP contribution in [0.5, 0.6) is 5.75 Å². The Morgan fingerprint density at radius 2 is 1.86 bits per heavy atom. The van der Waals surface area contributed by atoms with Crippen molar-refractivity contribution in [3.63, 3.8) is 0 Å². The molecule has 0 aliphatic rings. The lowest BCUT2D eigenvalue weighted by Crippen LogP contribution is -2.17. The molecule has 4 aromatic heterocycles. The highest BCUT2D eigenvalue weighted by Crippen LogP contribution is 2.44. The monoisotopic (exact) mass is 539 g/mol. The molecule has 0 spiro atoms. The van der Waals surface area contributed by atoms with Crippen LogP contribution < -0.4 is 15.8 Å². The first-order chi connectivity index (χ1) is 17.7. The fraction of sp³-hybridized carbons (Fsp3) is 0.120. The Hall–Kier alpha value is -4.16. The normalized spacial score (nSPS) is 11.3. The maximum Gasteiger partial charge on any atom is 0.280 e. The first-order valence-electron chi connectivity index (χ1n) is 10.9. The molecule has 4 heterocycles. The van der Waals surface area contributed by atoms with Crippen molar-refractivity contribution in [3.8, 4) is 27.4 Å². The number of aromatic nitrogens is 3. The Labute approximate surface area is 217 Å². The number of aryl methyl sites for hydroxylation is 1. The molecule has 4 N–H and O–H groups in total. The van der Waals surface area contributed by atoms with E-state index in [9.17, 15) is 18.4 Å². The van der Waals surface area contributed by atoms with Gasteiger partial charge in [-0.2, -0.15) is 5.10 Å². The number of alkyl halides is 2. The van der Waals surface area contributed by atoms with E-state index < -0.39 is 23.9 Å². The molecule has 0 aliphatic heterocycles. The maximum absolute atomic E-state index is 13.6. The summed E-state index contributed by atoms with van der Waals surface area (Å²) in [5.74, 6) is -0.713. The number of carbonyl (C=O) groups excluding carboxylic acids is 2. The van der Waals surface area contributed by atoms with E-state index >= 15 is 0 Å². The van der Waals surface area contributed by atoms with Gasteiger partial charge in [0.1, 0.15) is 26.8 Å². The van der Waals surface area contributed by atoms with Crippen molar-refractivity contribution in [2.75, 3.05) is 12.4 Å². The fourth-order valence-electron chi connectivity index (χ4n) is 3.82. The van der Waals surface area contributed by atoms with E-state index in [0.29, 0.717) is 27.3 Å². The molecular formula is C25H19F2N5O3S2. The lowest BCUT2D eigenvalue weighted by atomic mass is 10.1. The Morgan fingerprint density at radius 1 is 1.11 bits per heavy atom. The number of nitrogens with zero attached hydrogens (tertiary/aromatic N) is 2. The molecule has 188 valence electrons. The van der Waals surface area contributed by atoms with Crippen molar-refractivity contribution in [2.24, 2.45) is 5.73 Å². The van der Waals surface area contributed by atoms with Crippen molar-refractivity contribution >= 4 is 50.4 Å². The quantitative estimate of drug-likeness (QED) is 0.233. The summed E-state index contributed by atoms with van der Waals surface area (Å²) in [5, 5.41) is 10.0. The van der Waals surface area contributed by atoms with Crippen LogP contribution in [0.2, 0.25) is 0 Å². The minimum absolute atomic E-state index is 0.00619. The van der Waals surface area contributed by atoms with Crippen molar-refractivity contribution < 1.29 is 23.1 Å². The van der Waals surface area contributed by atoms with Crippen LogP contribution in [0.15, 0.2) is 48.5 Å². The summed E-state index contributed by atoms with van der Waals surface area (Å²) in [6.07, 6.45) is -2.82. The molecular weight excluding hydrogens is 520 g/mol. The number of fused-ring (bicyclic) bond motifs is 1. The van der Waals surface area contributed by atoms with Gasteiger partial charge < -0.3 is 15.8 Å². The number of aromatic amines is 1. The zero-order valence-electron chi connectivity index (χ0n) is 19.5. The van der Waals surface area contributed by atoms with Crippen LogP contribution in [0.3, 0.4) is 0 Å². The first-order valence-corrected chi connectivity index (χ1v) is 12.5. The molecule has 5 aromatic rings. The smallest absolute Gasteiger partial charge is 0.280 e. The molecule has 0 saturated heterocycles. The van der Waals surface area contributed by atoms with Crippen LogP contribution in [0.1, 0.15) is 37.2 Å². The van der Waals surface area contributed by atoms with Gasteiger partial charge in [0.05, 0.1) is 18.5 Å². The molecule has 0 aliphatic carbocycles. The molecule has 5 rings (SSSR count). The molecule has 0 atom stereocenters. The number of primary amides is 1. The van der Waals surface area contributed by atoms with E-state index in [4.69, 9.17) is 10.5 Å². The molecule has 12 heteroatoms. The molecule has 0 bridgehead atoms. The van der Waals surface area contributed by atoms with Gasteiger partial charge in [-0.15, -0.1) is 22.7 Å². The number of thiophene rings is 2. The van der Waals surface area contributed by atoms with Crippen LogP contribution in [-0.2, 0) is 0 Å². The molecule has 0 radical (unpaired) electrons. The molecule has 0 saturated carbocycles. The number of anilines is 1. The van der Waals surface area contributed by atoms with E-state index in [2.05, 4.69) is 20.5 Å². The van der Waals surface area contributed by atoms with Gasteiger partial charge in [-0.25, -0.2) is 13.8 Å². The summed E-state index contributed by atoms with van der Waals surface area (Å²) in [5.41, 5.74) is 7.14. The van der Waals surface area contributed by atoms with E-state index in [1.807, 2.05) is 13.0 Å². The van der Waals surface area contributed by atoms with E-state index in [-0.39, 0.29) is 21.1 Å². The van der Waals surface area contributed by atoms with Gasteiger partial charge in [-0.1, -0.05) is 0 Å². The number of hydrogen-bond donors (Lipinski definition) is 3. The van der Waals surface area contributed by atoms with Crippen LogP contribution in [0.4, 0.5) is 14.5 Å². The van der Waals surface area contributed by atoms with Gasteiger partial charge in [0.25, 0.3) is 18.2 Å². The van der Waals surface area contributed by atoms with Crippen molar-refractivity contribution in [2.45, 2.75) is 13.3 Å². The molecule has 8 nitrogen and oxygen atoms in total. The third-order valence-corrected chi connectivity index (χ3v) is 7.71. The highest BCUT2D eigenvalue weighted by Gasteiger charge is 2.26. The number of nitrogens with one attached hydrogen (secondary N) is 2. The second-order valence-electron chi connectivity index (χ2n) is 8.01. The summed E-state index contributed by atoms with van der Waals surface area (Å²) in [4.78, 5) is 31.4. The summed E-state index contributed by atoms with van der Waals surface area (Å²) < 4.78 is 32.4. The van der Waals surface area contributed by atoms with Gasteiger partial charge in [-0.3, -0.25) is 14.7 Å². The molecule has 1 aromatic carbocycles. The number of carbonyl (C=O) groups is 2. The molecule has 0 unspecified atom stereocenters. The SMILES string of the molecule is COc1ccc(-c2cc(C(=O)Nc3c(C(N)=O)sc4nc(C(F)F)cc(-c5ccc(C)s5)c34)[nH]n2)cc1. The van der Waals surface area contributed by atoms with Crippen LogP contribution in [-0.4, -0.2) is 34.1 Å². The average molecular weight is 540 g/mol. The predicted octanol–water partition coefficient (Wildman–Crippen LogP) is 6.02. The van der Waals surface area contributed by atoms with Crippen LogP contribution >= 0.6 is 22.7 Å². The van der Waals surface area contributed by atoms with Gasteiger partial charge in [-0.05, 0) is 55.5 Å². The number of benzene rings is 1. The summed E-state index contributed by atoms with van der Waals surface area (Å²) in [6, 6.07) is 13.7. The van der Waals surface area contributed by atoms with Crippen LogP contribution in [0.25, 0.3) is 31.9 Å². The van der Waals surface area contributed by atoms with Gasteiger partial charge in [0.15, 0.2) is 0 Å². The Kier molecular flexibility index (Phi) is 6.44. The zero-order chi connectivity index (χ0) is 26.3. The number of halogens is 2. The molecule has 2 amide bonds. The number of methoxy groups -OCH3 is 1. The van der Waals surface area contributed by atoms with Gasteiger partial charge >= 0.3 is 0 Å². The van der Waals surface area contributed by atoms with E-state index in [1.54, 1.807) is 43.5 Å². The highest BCUT2D eigenvalue weighted by atomic mass is 32.1. The van der Waals surface area contributed by atoms with Gasteiger partial charge in [0.2, 0.25) is 0 Å². The van der Waals surface area contributed by atoms with E-state index in [1.165, 1.54) is 17.4 Å². The number of nitrogens with two attached hydrogens (primary N) is 1. The van der Waals surface area contributed by atoms with Crippen molar-refractivity contribution in [1.29, 1.82) is 0 Å². The van der Waals surface area contributed by atoms with Crippen molar-refractivity contribution in [1.82, 2.24) is 15.2 Å². The predicted molar refractivity (Wildman–Crippen MR) is 140 cm³/mol. The molecule has 0 fully saturated rings. The average Bonchev–Trinajstić information content (AvgIpc) is 3.62. The number of ether oxygens (including phenoxy) is 1. The standard InChI is InChI=1S/C25H19F2N5O3S2/c1-11-3-8-18(36-11)14-9-16(22(26)27)29-25-19(14)20(21(37-25)23(28)33)30-24(34)17-10-15(31-32-17)12-4-6-13(35-2)7-5-12/h3-10,22H,1-2H3,(H2,28,33)(H,30,34)(H,31,32). The minimum atomic E-state index is -2.82. The number of pyridine rings is 1. The topological polar surface area (TPSA) is 123 Å². The Morgan fingerprint density at radius 3 is 2.49 bits per heavy atom. The summed E-state index contributed by atoms with van der Waals surface area (Å²) >= 11 is 2.25. The zero-order valence-corrected chi connectivity index (χ0v) is 21.1. The number of amides is 2. The molecule has 37 heavy (non-hydrogen) atoms. The van der Waals surface area contributed by atoms with Crippen molar-refractivity contribution in [3.05, 3.63) is 69.7 Å². The first kappa shape index (κ1) is 24.5. The largest absolute Gasteiger partial charge is 0.497 e. The maximum atomic E-state index is 13.6. The second-order valence-corrected chi connectivity index (χ2v) is 10.3. The summed E-state index contributed by atoms with van der Waals surface area (Å²) in [7, 11) is 1.56. The van der Waals surface area contributed by atoms with Crippen LogP contribution in [0, 0.1) is 6.92 Å². The second kappa shape index (κ2) is 9.71. The lowest BCUT2D eigenvalue weighted by molar-refractivity contribution is 0.100. The summed E-state index contributed by atoms with van der Waals surface area (Å²) in [6.45, 7) is 1.89. The van der Waals surface area contributed by atoms with E-state index in [0.717, 1.165) is 21.8 Å². The number of hydrogen-bond acceptors (Lipinski definition) is 7. The highest BCUT2D eigenvalue weighted by molar-refractivity contribution is 7.21. The third kappa shape index (κ3) is 4.68. The Bertz CT molecular complexity index is 1640. The third-order valence-electron chi connectivity index (χ3n) is 5.58. The number of rotatable bonds is 7. The lowest BCUT2D eigenvalue weighted by Gasteiger charge is -2.09. The minimum Gasteiger partial charge on any atom is -0.497 e. The van der Waals surface area contributed by atoms with Gasteiger partial charge in [0, 0.05) is 26.3 Å². The number of H-pyrrole nitrogens is 1.